The van der Waals surface area contributed by atoms with E-state index in [1.807, 2.05) is 30.3 Å². The highest BCUT2D eigenvalue weighted by Gasteiger charge is 2.33. The van der Waals surface area contributed by atoms with Crippen LogP contribution in [0.4, 0.5) is 36.7 Å². The molecule has 1 aliphatic rings. The van der Waals surface area contributed by atoms with Gasteiger partial charge in [-0.05, 0) is 65.3 Å². The monoisotopic (exact) mass is 535 g/mol. The number of rotatable bonds is 6. The van der Waals surface area contributed by atoms with Crippen LogP contribution in [0.3, 0.4) is 0 Å². The van der Waals surface area contributed by atoms with Crippen molar-refractivity contribution in [1.29, 1.82) is 0 Å². The van der Waals surface area contributed by atoms with Gasteiger partial charge < -0.3 is 15.4 Å². The number of amides is 1. The number of hydrogen-bond donors (Lipinski definition) is 2. The first-order chi connectivity index (χ1) is 18.4. The molecule has 9 nitrogen and oxygen atoms in total. The van der Waals surface area contributed by atoms with E-state index in [1.165, 1.54) is 30.9 Å². The zero-order valence-corrected chi connectivity index (χ0v) is 22.5. The predicted molar refractivity (Wildman–Crippen MR) is 147 cm³/mol. The number of carbonyl (C=O) groups is 1. The Bertz CT molecular complexity index is 1530. The van der Waals surface area contributed by atoms with Gasteiger partial charge in [-0.1, -0.05) is 18.2 Å². The van der Waals surface area contributed by atoms with Gasteiger partial charge in [0, 0.05) is 18.7 Å². The van der Waals surface area contributed by atoms with Crippen LogP contribution < -0.4 is 15.5 Å². The quantitative estimate of drug-likeness (QED) is 0.305. The Balaban J connectivity index is 1.58. The fourth-order valence-corrected chi connectivity index (χ4v) is 4.36. The summed E-state index contributed by atoms with van der Waals surface area (Å²) in [6.45, 7) is 8.55. The third-order valence-corrected chi connectivity index (χ3v) is 6.05. The maximum Gasteiger partial charge on any atom is 0.414 e. The molecule has 0 bridgehead atoms. The standard InChI is InChI=1S/C28H31F2N7O2/c1-27(2,3)39-26(38)36-14-13-18-20(29)11-12-21(22(18)36)33-25-34-23(31-16-28(4,5)30)19-15-32-37(24(19)35-25)17-9-7-6-8-10-17/h6-12,15H,13-14,16H2,1-5H3,(H2,31,33,34,35). The Kier molecular flexibility index (Phi) is 6.61. The summed E-state index contributed by atoms with van der Waals surface area (Å²) in [5.74, 6) is 0.148. The van der Waals surface area contributed by atoms with Gasteiger partial charge in [0.25, 0.3) is 0 Å². The number of carbonyl (C=O) groups excluding carboxylic acids is 1. The van der Waals surface area contributed by atoms with Crippen LogP contribution in [0, 0.1) is 5.82 Å². The third kappa shape index (κ3) is 5.62. The second-order valence-electron chi connectivity index (χ2n) is 11.0. The molecule has 2 aromatic heterocycles. The van der Waals surface area contributed by atoms with Gasteiger partial charge in [-0.3, -0.25) is 4.90 Å². The minimum Gasteiger partial charge on any atom is -0.443 e. The third-order valence-electron chi connectivity index (χ3n) is 6.05. The van der Waals surface area contributed by atoms with Crippen LogP contribution in [-0.2, 0) is 11.2 Å². The molecular formula is C28H31F2N7O2. The SMILES string of the molecule is CC(C)(F)CNc1nc(Nc2ccc(F)c3c2N(C(=O)OC(C)(C)C)CC3)nc2c1cnn2-c1ccccc1. The summed E-state index contributed by atoms with van der Waals surface area (Å²) in [6, 6.07) is 12.4. The van der Waals surface area contributed by atoms with Crippen molar-refractivity contribution in [2.45, 2.75) is 52.3 Å². The first-order valence-electron chi connectivity index (χ1n) is 12.7. The highest BCUT2D eigenvalue weighted by atomic mass is 19.1. The maximum atomic E-state index is 14.8. The van der Waals surface area contributed by atoms with Crippen molar-refractivity contribution in [1.82, 2.24) is 19.7 Å². The lowest BCUT2D eigenvalue weighted by Crippen LogP contribution is -2.36. The molecule has 5 rings (SSSR count). The summed E-state index contributed by atoms with van der Waals surface area (Å²) < 4.78 is 36.4. The molecule has 1 aliphatic heterocycles. The molecule has 0 saturated carbocycles. The number of nitrogens with one attached hydrogen (secondary N) is 2. The van der Waals surface area contributed by atoms with E-state index in [0.717, 1.165) is 5.69 Å². The number of fused-ring (bicyclic) bond motifs is 2. The van der Waals surface area contributed by atoms with Crippen molar-refractivity contribution in [3.05, 3.63) is 60.0 Å². The number of benzene rings is 2. The van der Waals surface area contributed by atoms with E-state index in [2.05, 4.69) is 20.7 Å². The Labute approximate surface area is 225 Å². The molecule has 0 radical (unpaired) electrons. The van der Waals surface area contributed by atoms with E-state index >= 15 is 0 Å². The van der Waals surface area contributed by atoms with Gasteiger partial charge in [0.15, 0.2) is 5.65 Å². The number of para-hydroxylation sites is 1. The van der Waals surface area contributed by atoms with Crippen molar-refractivity contribution in [2.24, 2.45) is 0 Å². The number of hydrogen-bond acceptors (Lipinski definition) is 7. The first kappa shape index (κ1) is 26.3. The minimum atomic E-state index is -1.49. The molecule has 4 aromatic rings. The Hall–Kier alpha value is -4.28. The number of aromatic nitrogens is 4. The van der Waals surface area contributed by atoms with Gasteiger partial charge in [0.1, 0.15) is 22.9 Å². The van der Waals surface area contributed by atoms with E-state index in [4.69, 9.17) is 9.72 Å². The zero-order valence-electron chi connectivity index (χ0n) is 22.5. The van der Waals surface area contributed by atoms with Crippen molar-refractivity contribution in [3.63, 3.8) is 0 Å². The summed E-state index contributed by atoms with van der Waals surface area (Å²) in [7, 11) is 0. The highest BCUT2D eigenvalue weighted by Crippen LogP contribution is 2.39. The van der Waals surface area contributed by atoms with Gasteiger partial charge in [0.2, 0.25) is 5.95 Å². The summed E-state index contributed by atoms with van der Waals surface area (Å²) >= 11 is 0. The highest BCUT2D eigenvalue weighted by molar-refractivity contribution is 5.96. The number of alkyl halides is 1. The lowest BCUT2D eigenvalue weighted by Gasteiger charge is -2.26. The summed E-state index contributed by atoms with van der Waals surface area (Å²) in [4.78, 5) is 23.7. The molecule has 204 valence electrons. The molecule has 0 unspecified atom stereocenters. The molecule has 11 heteroatoms. The van der Waals surface area contributed by atoms with Crippen molar-refractivity contribution >= 4 is 40.3 Å². The first-order valence-corrected chi connectivity index (χ1v) is 12.7. The van der Waals surface area contributed by atoms with Crippen molar-refractivity contribution in [3.8, 4) is 5.69 Å². The lowest BCUT2D eigenvalue weighted by atomic mass is 10.1. The van der Waals surface area contributed by atoms with E-state index in [-0.39, 0.29) is 19.0 Å². The van der Waals surface area contributed by atoms with Crippen LogP contribution in [0.25, 0.3) is 16.7 Å². The minimum absolute atomic E-state index is 0.00738. The molecule has 2 N–H and O–H groups in total. The van der Waals surface area contributed by atoms with E-state index in [0.29, 0.717) is 40.2 Å². The Morgan fingerprint density at radius 2 is 1.82 bits per heavy atom. The zero-order chi connectivity index (χ0) is 27.9. The van der Waals surface area contributed by atoms with Crippen molar-refractivity contribution < 1.29 is 18.3 Å². The fraction of sp³-hybridized carbons (Fsp3) is 0.357. The van der Waals surface area contributed by atoms with E-state index in [1.54, 1.807) is 31.6 Å². The second-order valence-corrected chi connectivity index (χ2v) is 11.0. The molecule has 0 atom stereocenters. The topological polar surface area (TPSA) is 97.2 Å². The van der Waals surface area contributed by atoms with E-state index < -0.39 is 23.2 Å². The van der Waals surface area contributed by atoms with Crippen LogP contribution in [0.2, 0.25) is 0 Å². The average molecular weight is 536 g/mol. The largest absolute Gasteiger partial charge is 0.443 e. The molecule has 0 saturated heterocycles. The number of ether oxygens (including phenoxy) is 1. The van der Waals surface area contributed by atoms with Crippen LogP contribution in [0.5, 0.6) is 0 Å². The molecule has 2 aromatic carbocycles. The van der Waals surface area contributed by atoms with Gasteiger partial charge >= 0.3 is 6.09 Å². The molecule has 0 aliphatic carbocycles. The summed E-state index contributed by atoms with van der Waals surface area (Å²) in [5, 5.41) is 11.3. The molecular weight excluding hydrogens is 504 g/mol. The molecule has 1 amide bonds. The van der Waals surface area contributed by atoms with Crippen LogP contribution in [0.1, 0.15) is 40.2 Å². The number of nitrogens with zero attached hydrogens (tertiary/aromatic N) is 5. The van der Waals surface area contributed by atoms with Gasteiger partial charge in [-0.15, -0.1) is 0 Å². The van der Waals surface area contributed by atoms with Crippen LogP contribution >= 0.6 is 0 Å². The second kappa shape index (κ2) is 9.79. The number of halogens is 2. The van der Waals surface area contributed by atoms with Crippen molar-refractivity contribution in [2.75, 3.05) is 28.6 Å². The number of anilines is 4. The molecule has 0 fully saturated rings. The van der Waals surface area contributed by atoms with Gasteiger partial charge in [-0.25, -0.2) is 18.3 Å². The van der Waals surface area contributed by atoms with Gasteiger partial charge in [-0.2, -0.15) is 15.1 Å². The molecule has 3 heterocycles. The Morgan fingerprint density at radius 1 is 1.08 bits per heavy atom. The fourth-order valence-electron chi connectivity index (χ4n) is 4.36. The van der Waals surface area contributed by atoms with Gasteiger partial charge in [0.05, 0.1) is 28.6 Å². The summed E-state index contributed by atoms with van der Waals surface area (Å²) in [5.41, 5.74) is 0.286. The smallest absolute Gasteiger partial charge is 0.414 e. The average Bonchev–Trinajstić information content (AvgIpc) is 3.49. The molecule has 39 heavy (non-hydrogen) atoms. The normalized spacial score (nSPS) is 13.5. The van der Waals surface area contributed by atoms with Crippen LogP contribution in [0.15, 0.2) is 48.7 Å². The Morgan fingerprint density at radius 3 is 2.51 bits per heavy atom. The van der Waals surface area contributed by atoms with Crippen LogP contribution in [-0.4, -0.2) is 50.2 Å². The van der Waals surface area contributed by atoms with E-state index in [9.17, 15) is 13.6 Å². The maximum absolute atomic E-state index is 14.8. The lowest BCUT2D eigenvalue weighted by molar-refractivity contribution is 0.0584. The predicted octanol–water partition coefficient (Wildman–Crippen LogP) is 6.16. The molecule has 0 spiro atoms. The summed E-state index contributed by atoms with van der Waals surface area (Å²) in [6.07, 6.45) is 1.40.